The standard InChI is InChI=1S/C15H10N2O3/c1-9(11(7-16)8-17)12-6-10-4-3-5-13(19-2)14(10)20-15(12)18/h3-6H,1-2H3. The number of nitriles is 2. The van der Waals surface area contributed by atoms with Crippen LogP contribution in [0.25, 0.3) is 16.5 Å². The first-order valence-electron chi connectivity index (χ1n) is 5.74. The summed E-state index contributed by atoms with van der Waals surface area (Å²) in [5.41, 5.74) is 0.117. The highest BCUT2D eigenvalue weighted by molar-refractivity contribution is 5.86. The number of allylic oxidation sites excluding steroid dienone is 2. The van der Waals surface area contributed by atoms with Crippen molar-refractivity contribution in [1.29, 1.82) is 10.5 Å². The van der Waals surface area contributed by atoms with Crippen LogP contribution in [0.15, 0.2) is 39.1 Å². The summed E-state index contributed by atoms with van der Waals surface area (Å²) in [4.78, 5) is 12.0. The molecule has 0 atom stereocenters. The molecule has 5 heteroatoms. The Morgan fingerprint density at radius 3 is 2.60 bits per heavy atom. The van der Waals surface area contributed by atoms with E-state index in [1.807, 2.05) is 0 Å². The van der Waals surface area contributed by atoms with Crippen LogP contribution in [-0.4, -0.2) is 7.11 Å². The van der Waals surface area contributed by atoms with Gasteiger partial charge in [-0.1, -0.05) is 12.1 Å². The first-order valence-corrected chi connectivity index (χ1v) is 5.74. The van der Waals surface area contributed by atoms with Crippen molar-refractivity contribution in [2.45, 2.75) is 6.92 Å². The summed E-state index contributed by atoms with van der Waals surface area (Å²) in [6, 6.07) is 10.3. The molecule has 0 saturated carbocycles. The van der Waals surface area contributed by atoms with Gasteiger partial charge in [-0.15, -0.1) is 0 Å². The Hall–Kier alpha value is -3.05. The van der Waals surface area contributed by atoms with Crippen LogP contribution in [0, 0.1) is 22.7 Å². The second kappa shape index (κ2) is 5.29. The Labute approximate surface area is 114 Å². The van der Waals surface area contributed by atoms with Gasteiger partial charge in [-0.25, -0.2) is 4.79 Å². The minimum atomic E-state index is -0.609. The molecular formula is C15H10N2O3. The number of hydrogen-bond acceptors (Lipinski definition) is 5. The fourth-order valence-corrected chi connectivity index (χ4v) is 1.87. The molecule has 0 aliphatic rings. The van der Waals surface area contributed by atoms with E-state index in [1.165, 1.54) is 7.11 Å². The molecule has 0 N–H and O–H groups in total. The largest absolute Gasteiger partial charge is 0.493 e. The molecule has 0 fully saturated rings. The fourth-order valence-electron chi connectivity index (χ4n) is 1.87. The lowest BCUT2D eigenvalue weighted by atomic mass is 10.0. The van der Waals surface area contributed by atoms with E-state index in [9.17, 15) is 4.79 Å². The van der Waals surface area contributed by atoms with Crippen molar-refractivity contribution < 1.29 is 9.15 Å². The highest BCUT2D eigenvalue weighted by Gasteiger charge is 2.13. The zero-order valence-electron chi connectivity index (χ0n) is 10.9. The Morgan fingerprint density at radius 2 is 2.00 bits per heavy atom. The van der Waals surface area contributed by atoms with Gasteiger partial charge in [0.2, 0.25) is 0 Å². The minimum absolute atomic E-state index is 0.112. The summed E-state index contributed by atoms with van der Waals surface area (Å²) in [6.45, 7) is 1.54. The smallest absolute Gasteiger partial charge is 0.344 e. The summed E-state index contributed by atoms with van der Waals surface area (Å²) in [5, 5.41) is 18.4. The van der Waals surface area contributed by atoms with E-state index in [2.05, 4.69) is 0 Å². The molecule has 0 radical (unpaired) electrons. The fraction of sp³-hybridized carbons (Fsp3) is 0.133. The van der Waals surface area contributed by atoms with Crippen LogP contribution >= 0.6 is 0 Å². The van der Waals surface area contributed by atoms with Crippen molar-refractivity contribution in [3.8, 4) is 17.9 Å². The third-order valence-corrected chi connectivity index (χ3v) is 2.95. The molecule has 0 bridgehead atoms. The quantitative estimate of drug-likeness (QED) is 0.616. The average Bonchev–Trinajstić information content (AvgIpc) is 2.47. The number of fused-ring (bicyclic) bond motifs is 1. The second-order valence-corrected chi connectivity index (χ2v) is 4.05. The maximum Gasteiger partial charge on any atom is 0.344 e. The molecule has 0 aliphatic carbocycles. The van der Waals surface area contributed by atoms with E-state index in [0.717, 1.165) is 0 Å². The Kier molecular flexibility index (Phi) is 3.54. The van der Waals surface area contributed by atoms with Crippen LogP contribution in [0.2, 0.25) is 0 Å². The summed E-state index contributed by atoms with van der Waals surface area (Å²) >= 11 is 0. The van der Waals surface area contributed by atoms with E-state index >= 15 is 0 Å². The Balaban J connectivity index is 2.80. The second-order valence-electron chi connectivity index (χ2n) is 4.05. The zero-order chi connectivity index (χ0) is 14.7. The summed E-state index contributed by atoms with van der Waals surface area (Å²) in [5.74, 6) is 0.452. The molecule has 98 valence electrons. The van der Waals surface area contributed by atoms with Gasteiger partial charge in [0.1, 0.15) is 17.7 Å². The third kappa shape index (κ3) is 2.13. The van der Waals surface area contributed by atoms with E-state index in [1.54, 1.807) is 43.3 Å². The van der Waals surface area contributed by atoms with Gasteiger partial charge in [0, 0.05) is 5.39 Å². The lowest BCUT2D eigenvalue weighted by molar-refractivity contribution is 0.406. The normalized spacial score (nSPS) is 9.60. The lowest BCUT2D eigenvalue weighted by Gasteiger charge is -2.06. The van der Waals surface area contributed by atoms with Crippen molar-refractivity contribution >= 4 is 16.5 Å². The van der Waals surface area contributed by atoms with Crippen molar-refractivity contribution in [3.05, 3.63) is 45.8 Å². The van der Waals surface area contributed by atoms with E-state index in [-0.39, 0.29) is 11.1 Å². The maximum absolute atomic E-state index is 12.0. The molecule has 20 heavy (non-hydrogen) atoms. The monoisotopic (exact) mass is 266 g/mol. The summed E-state index contributed by atoms with van der Waals surface area (Å²) < 4.78 is 10.4. The first kappa shape index (κ1) is 13.4. The highest BCUT2D eigenvalue weighted by atomic mass is 16.5. The number of nitrogens with zero attached hydrogens (tertiary/aromatic N) is 2. The van der Waals surface area contributed by atoms with Gasteiger partial charge < -0.3 is 9.15 Å². The minimum Gasteiger partial charge on any atom is -0.493 e. The molecular weight excluding hydrogens is 256 g/mol. The van der Waals surface area contributed by atoms with Gasteiger partial charge in [-0.2, -0.15) is 10.5 Å². The zero-order valence-corrected chi connectivity index (χ0v) is 10.9. The van der Waals surface area contributed by atoms with E-state index in [4.69, 9.17) is 19.7 Å². The van der Waals surface area contributed by atoms with Crippen molar-refractivity contribution in [2.75, 3.05) is 7.11 Å². The molecule has 0 saturated heterocycles. The Morgan fingerprint density at radius 1 is 1.30 bits per heavy atom. The summed E-state index contributed by atoms with van der Waals surface area (Å²) in [7, 11) is 1.48. The molecule has 1 aromatic heterocycles. The molecule has 0 unspecified atom stereocenters. The van der Waals surface area contributed by atoms with Crippen molar-refractivity contribution in [3.63, 3.8) is 0 Å². The molecule has 5 nitrogen and oxygen atoms in total. The third-order valence-electron chi connectivity index (χ3n) is 2.95. The van der Waals surface area contributed by atoms with Crippen molar-refractivity contribution in [2.24, 2.45) is 0 Å². The highest BCUT2D eigenvalue weighted by Crippen LogP contribution is 2.26. The van der Waals surface area contributed by atoms with Crippen LogP contribution in [0.5, 0.6) is 5.75 Å². The Bertz CT molecular complexity index is 832. The van der Waals surface area contributed by atoms with Crippen LogP contribution in [-0.2, 0) is 0 Å². The van der Waals surface area contributed by atoms with Gasteiger partial charge in [-0.05, 0) is 24.6 Å². The number of rotatable bonds is 2. The predicted molar refractivity (Wildman–Crippen MR) is 72.9 cm³/mol. The molecule has 0 aliphatic heterocycles. The van der Waals surface area contributed by atoms with Crippen LogP contribution in [0.1, 0.15) is 12.5 Å². The van der Waals surface area contributed by atoms with Crippen LogP contribution < -0.4 is 10.4 Å². The molecule has 1 aromatic carbocycles. The number of para-hydroxylation sites is 1. The van der Waals surface area contributed by atoms with Gasteiger partial charge in [0.15, 0.2) is 11.3 Å². The number of benzene rings is 1. The van der Waals surface area contributed by atoms with Gasteiger partial charge in [0.05, 0.1) is 12.7 Å². The number of hydrogen-bond donors (Lipinski definition) is 0. The summed E-state index contributed by atoms with van der Waals surface area (Å²) in [6.07, 6.45) is 0. The van der Waals surface area contributed by atoms with Gasteiger partial charge >= 0.3 is 5.63 Å². The van der Waals surface area contributed by atoms with Gasteiger partial charge in [-0.3, -0.25) is 0 Å². The molecule has 2 aromatic rings. The van der Waals surface area contributed by atoms with E-state index < -0.39 is 5.63 Å². The topological polar surface area (TPSA) is 87.0 Å². The molecule has 2 rings (SSSR count). The number of methoxy groups -OCH3 is 1. The predicted octanol–water partition coefficient (Wildman–Crippen LogP) is 2.62. The molecule has 0 amide bonds. The average molecular weight is 266 g/mol. The first-order chi connectivity index (χ1) is 9.62. The van der Waals surface area contributed by atoms with Crippen molar-refractivity contribution in [1.82, 2.24) is 0 Å². The van der Waals surface area contributed by atoms with Crippen LogP contribution in [0.3, 0.4) is 0 Å². The molecule has 1 heterocycles. The van der Waals surface area contributed by atoms with Gasteiger partial charge in [0.25, 0.3) is 0 Å². The molecule has 0 spiro atoms. The van der Waals surface area contributed by atoms with E-state index in [0.29, 0.717) is 22.3 Å². The maximum atomic E-state index is 12.0. The number of ether oxygens (including phenoxy) is 1. The SMILES string of the molecule is COc1cccc2cc(C(C)=C(C#N)C#N)c(=O)oc12. The van der Waals surface area contributed by atoms with Crippen LogP contribution in [0.4, 0.5) is 0 Å². The lowest BCUT2D eigenvalue weighted by Crippen LogP contribution is -2.06.